The van der Waals surface area contributed by atoms with Gasteiger partial charge in [0.15, 0.2) is 0 Å². The number of hydrogen-bond acceptors (Lipinski definition) is 2. The highest BCUT2D eigenvalue weighted by molar-refractivity contribution is 9.09. The van der Waals surface area contributed by atoms with Crippen molar-refractivity contribution in [3.63, 3.8) is 0 Å². The summed E-state index contributed by atoms with van der Waals surface area (Å²) in [6.45, 7) is 2.99. The number of benzene rings is 1. The van der Waals surface area contributed by atoms with Crippen molar-refractivity contribution in [1.82, 2.24) is 0 Å². The van der Waals surface area contributed by atoms with Gasteiger partial charge in [0.2, 0.25) is 5.91 Å². The first-order valence-electron chi connectivity index (χ1n) is 6.29. The molecule has 2 unspecified atom stereocenters. The Hall–Kier alpha value is -0.870. The number of nitrogens with one attached hydrogen (secondary N) is 1. The number of anilines is 1. The van der Waals surface area contributed by atoms with Gasteiger partial charge in [-0.2, -0.15) is 0 Å². The Balaban J connectivity index is 1.89. The van der Waals surface area contributed by atoms with Crippen molar-refractivity contribution in [1.29, 1.82) is 0 Å². The molecule has 1 N–H and O–H groups in total. The van der Waals surface area contributed by atoms with Gasteiger partial charge in [0.25, 0.3) is 0 Å². The van der Waals surface area contributed by atoms with E-state index in [9.17, 15) is 4.79 Å². The second kappa shape index (κ2) is 4.35. The van der Waals surface area contributed by atoms with Gasteiger partial charge in [-0.15, -0.1) is 0 Å². The number of fused-ring (bicyclic) bond motifs is 1. The Bertz CT molecular complexity index is 495. The molecule has 0 aromatic heterocycles. The normalized spacial score (nSPS) is 28.0. The van der Waals surface area contributed by atoms with Gasteiger partial charge in [0.05, 0.1) is 16.8 Å². The third kappa shape index (κ3) is 1.97. The van der Waals surface area contributed by atoms with E-state index in [-0.39, 0.29) is 16.3 Å². The van der Waals surface area contributed by atoms with Crippen molar-refractivity contribution >= 4 is 27.5 Å². The zero-order chi connectivity index (χ0) is 12.8. The van der Waals surface area contributed by atoms with E-state index in [1.165, 1.54) is 5.56 Å². The van der Waals surface area contributed by atoms with Crippen LogP contribution in [0, 0.1) is 0 Å². The van der Waals surface area contributed by atoms with E-state index in [4.69, 9.17) is 4.74 Å². The number of carbonyl (C=O) groups excluding carboxylic acids is 1. The lowest BCUT2D eigenvalue weighted by atomic mass is 9.92. The number of amides is 1. The second-order valence-electron chi connectivity index (χ2n) is 5.27. The molecule has 1 aromatic rings. The smallest absolute Gasteiger partial charge is 0.228 e. The highest BCUT2D eigenvalue weighted by Crippen LogP contribution is 2.44. The molecule has 3 rings (SSSR count). The summed E-state index contributed by atoms with van der Waals surface area (Å²) in [5, 5.41) is 2.86. The molecule has 1 saturated heterocycles. The highest BCUT2D eigenvalue weighted by atomic mass is 79.9. The van der Waals surface area contributed by atoms with E-state index in [1.807, 2.05) is 6.07 Å². The molecule has 2 heterocycles. The van der Waals surface area contributed by atoms with E-state index < -0.39 is 0 Å². The van der Waals surface area contributed by atoms with Crippen molar-refractivity contribution in [2.24, 2.45) is 0 Å². The molecule has 2 aliphatic rings. The summed E-state index contributed by atoms with van der Waals surface area (Å²) in [7, 11) is 0. The van der Waals surface area contributed by atoms with Crippen LogP contribution in [0.2, 0.25) is 0 Å². The van der Waals surface area contributed by atoms with Crippen LogP contribution in [-0.4, -0.2) is 18.1 Å². The first-order valence-corrected chi connectivity index (χ1v) is 7.21. The maximum absolute atomic E-state index is 11.4. The van der Waals surface area contributed by atoms with Gasteiger partial charge >= 0.3 is 0 Å². The Kier molecular flexibility index (Phi) is 2.94. The first-order chi connectivity index (χ1) is 8.58. The molecule has 0 spiro atoms. The fourth-order valence-electron chi connectivity index (χ4n) is 2.76. The van der Waals surface area contributed by atoms with Crippen LogP contribution < -0.4 is 5.32 Å². The lowest BCUT2D eigenvalue weighted by Crippen LogP contribution is -2.28. The van der Waals surface area contributed by atoms with Crippen LogP contribution in [0.5, 0.6) is 0 Å². The number of hydrogen-bond donors (Lipinski definition) is 1. The lowest BCUT2D eigenvalue weighted by Gasteiger charge is -2.29. The molecule has 3 nitrogen and oxygen atoms in total. The maximum Gasteiger partial charge on any atom is 0.228 e. The number of carbonyl (C=O) groups is 1. The molecule has 18 heavy (non-hydrogen) atoms. The maximum atomic E-state index is 11.4. The minimum absolute atomic E-state index is 0.0802. The Morgan fingerprint density at radius 3 is 3.06 bits per heavy atom. The third-order valence-electron chi connectivity index (χ3n) is 3.83. The van der Waals surface area contributed by atoms with Crippen LogP contribution in [0.4, 0.5) is 5.69 Å². The van der Waals surface area contributed by atoms with Crippen molar-refractivity contribution in [3.05, 3.63) is 29.3 Å². The molecule has 1 aromatic carbocycles. The Morgan fingerprint density at radius 2 is 2.33 bits per heavy atom. The summed E-state index contributed by atoms with van der Waals surface area (Å²) >= 11 is 3.76. The van der Waals surface area contributed by atoms with Crippen LogP contribution in [-0.2, 0) is 16.0 Å². The Labute approximate surface area is 115 Å². The standard InChI is InChI=1S/C14H16BrNO2/c1-14(5-2-6-18-14)13(15)9-3-4-11-10(7-9)8-12(17)16-11/h3-4,7,13H,2,5-6,8H2,1H3,(H,16,17). The minimum Gasteiger partial charge on any atom is -0.374 e. The molecule has 0 aliphatic carbocycles. The van der Waals surface area contributed by atoms with Crippen molar-refractivity contribution in [3.8, 4) is 0 Å². The number of rotatable bonds is 2. The molecule has 1 amide bonds. The van der Waals surface area contributed by atoms with Crippen LogP contribution in [0.1, 0.15) is 35.7 Å². The number of halogens is 1. The predicted octanol–water partition coefficient (Wildman–Crippen LogP) is 3.19. The zero-order valence-electron chi connectivity index (χ0n) is 10.3. The van der Waals surface area contributed by atoms with E-state index in [1.54, 1.807) is 0 Å². The van der Waals surface area contributed by atoms with Crippen LogP contribution in [0.25, 0.3) is 0 Å². The molecule has 1 fully saturated rings. The zero-order valence-corrected chi connectivity index (χ0v) is 11.9. The average Bonchev–Trinajstić information content (AvgIpc) is 2.93. The van der Waals surface area contributed by atoms with Crippen molar-refractivity contribution in [2.75, 3.05) is 11.9 Å². The van der Waals surface area contributed by atoms with Gasteiger partial charge < -0.3 is 10.1 Å². The minimum atomic E-state index is -0.135. The largest absolute Gasteiger partial charge is 0.374 e. The molecular formula is C14H16BrNO2. The summed E-state index contributed by atoms with van der Waals surface area (Å²) in [4.78, 5) is 11.5. The first kappa shape index (κ1) is 12.2. The molecule has 2 atom stereocenters. The van der Waals surface area contributed by atoms with Gasteiger partial charge in [-0.1, -0.05) is 28.1 Å². The van der Waals surface area contributed by atoms with Crippen LogP contribution in [0.3, 0.4) is 0 Å². The highest BCUT2D eigenvalue weighted by Gasteiger charge is 2.38. The summed E-state index contributed by atoms with van der Waals surface area (Å²) in [6.07, 6.45) is 2.67. The van der Waals surface area contributed by atoms with Gasteiger partial charge in [0.1, 0.15) is 0 Å². The van der Waals surface area contributed by atoms with Gasteiger partial charge in [0, 0.05) is 12.3 Å². The molecule has 4 heteroatoms. The fourth-order valence-corrected chi connectivity index (χ4v) is 3.41. The predicted molar refractivity (Wildman–Crippen MR) is 74.0 cm³/mol. The fraction of sp³-hybridized carbons (Fsp3) is 0.500. The molecular weight excluding hydrogens is 294 g/mol. The topological polar surface area (TPSA) is 38.3 Å². The van der Waals surface area contributed by atoms with E-state index in [0.29, 0.717) is 6.42 Å². The molecule has 2 aliphatic heterocycles. The summed E-state index contributed by atoms with van der Waals surface area (Å²) in [5.41, 5.74) is 3.09. The monoisotopic (exact) mass is 309 g/mol. The van der Waals surface area contributed by atoms with Crippen molar-refractivity contribution < 1.29 is 9.53 Å². The third-order valence-corrected chi connectivity index (χ3v) is 5.33. The Morgan fingerprint density at radius 1 is 1.50 bits per heavy atom. The van der Waals surface area contributed by atoms with Gasteiger partial charge in [-0.05, 0) is 37.0 Å². The lowest BCUT2D eigenvalue weighted by molar-refractivity contribution is -0.115. The summed E-state index contributed by atoms with van der Waals surface area (Å²) in [6, 6.07) is 6.17. The van der Waals surface area contributed by atoms with E-state index >= 15 is 0 Å². The summed E-state index contributed by atoms with van der Waals surface area (Å²) < 4.78 is 5.87. The second-order valence-corrected chi connectivity index (χ2v) is 6.18. The van der Waals surface area contributed by atoms with Crippen LogP contribution in [0.15, 0.2) is 18.2 Å². The molecule has 96 valence electrons. The quantitative estimate of drug-likeness (QED) is 0.852. The number of alkyl halides is 1. The SMILES string of the molecule is CC1(C(Br)c2ccc3c(c2)CC(=O)N3)CCCO1. The molecule has 0 bridgehead atoms. The van der Waals surface area contributed by atoms with E-state index in [0.717, 1.165) is 30.7 Å². The van der Waals surface area contributed by atoms with E-state index in [2.05, 4.69) is 40.3 Å². The molecule has 0 saturated carbocycles. The number of ether oxygens (including phenoxy) is 1. The van der Waals surface area contributed by atoms with Gasteiger partial charge in [-0.25, -0.2) is 0 Å². The van der Waals surface area contributed by atoms with Crippen LogP contribution >= 0.6 is 15.9 Å². The van der Waals surface area contributed by atoms with Gasteiger partial charge in [-0.3, -0.25) is 4.79 Å². The van der Waals surface area contributed by atoms with Crippen molar-refractivity contribution in [2.45, 2.75) is 36.6 Å². The molecule has 0 radical (unpaired) electrons. The average molecular weight is 310 g/mol. The summed E-state index contributed by atoms with van der Waals surface area (Å²) in [5.74, 6) is 0.0802.